The van der Waals surface area contributed by atoms with Crippen LogP contribution in [0.15, 0.2) is 42.7 Å². The molecule has 4 nitrogen and oxygen atoms in total. The molecule has 5 heteroatoms. The second-order valence-electron chi connectivity index (χ2n) is 3.87. The first kappa shape index (κ1) is 13.3. The van der Waals surface area contributed by atoms with E-state index in [0.717, 1.165) is 22.7 Å². The van der Waals surface area contributed by atoms with Crippen LogP contribution in [0, 0.1) is 0 Å². The maximum Gasteiger partial charge on any atom is 0.119 e. The quantitative estimate of drug-likeness (QED) is 0.820. The van der Waals surface area contributed by atoms with Crippen LogP contribution in [-0.2, 0) is 0 Å². The Hall–Kier alpha value is -2.14. The summed E-state index contributed by atoms with van der Waals surface area (Å²) < 4.78 is 5.39. The minimum absolute atomic E-state index is 0.343. The number of pyridine rings is 1. The third-order valence-corrected chi connectivity index (χ3v) is 2.75. The number of ether oxygens (including phenoxy) is 1. The predicted molar refractivity (Wildman–Crippen MR) is 81.0 cm³/mol. The van der Waals surface area contributed by atoms with Crippen molar-refractivity contribution in [2.75, 3.05) is 11.9 Å². The lowest BCUT2D eigenvalue weighted by Gasteiger charge is -2.11. The molecular weight excluding hydrogens is 258 g/mol. The predicted octanol–water partition coefficient (Wildman–Crippen LogP) is 2.86. The van der Waals surface area contributed by atoms with E-state index in [2.05, 4.69) is 10.3 Å². The summed E-state index contributed by atoms with van der Waals surface area (Å²) in [5.41, 5.74) is 8.17. The fourth-order valence-corrected chi connectivity index (χ4v) is 1.84. The number of anilines is 2. The summed E-state index contributed by atoms with van der Waals surface area (Å²) in [6.07, 6.45) is 3.36. The minimum atomic E-state index is 0.343. The number of benzene rings is 1. The average molecular weight is 273 g/mol. The van der Waals surface area contributed by atoms with Gasteiger partial charge in [0.25, 0.3) is 0 Å². The van der Waals surface area contributed by atoms with Gasteiger partial charge in [-0.05, 0) is 37.3 Å². The second kappa shape index (κ2) is 6.15. The Bertz CT molecular complexity index is 569. The maximum absolute atomic E-state index is 5.68. The fraction of sp³-hybridized carbons (Fsp3) is 0.143. The summed E-state index contributed by atoms with van der Waals surface area (Å²) in [5, 5.41) is 3.24. The largest absolute Gasteiger partial charge is 0.494 e. The van der Waals surface area contributed by atoms with Gasteiger partial charge < -0.3 is 15.8 Å². The molecule has 0 aliphatic carbocycles. The Morgan fingerprint density at radius 3 is 2.68 bits per heavy atom. The first-order valence-electron chi connectivity index (χ1n) is 5.94. The Kier molecular flexibility index (Phi) is 4.30. The SMILES string of the molecule is CCOc1ccc(Nc2cnccc2C(N)=S)cc1. The molecule has 2 aromatic rings. The zero-order valence-electron chi connectivity index (χ0n) is 10.6. The van der Waals surface area contributed by atoms with Crippen molar-refractivity contribution >= 4 is 28.6 Å². The number of thiocarbonyl (C=S) groups is 1. The molecule has 0 aliphatic rings. The van der Waals surface area contributed by atoms with E-state index in [4.69, 9.17) is 22.7 Å². The highest BCUT2D eigenvalue weighted by Gasteiger charge is 2.05. The number of nitrogens with one attached hydrogen (secondary N) is 1. The summed E-state index contributed by atoms with van der Waals surface area (Å²) in [6, 6.07) is 9.47. The topological polar surface area (TPSA) is 60.2 Å². The smallest absolute Gasteiger partial charge is 0.119 e. The normalized spacial score (nSPS) is 9.95. The highest BCUT2D eigenvalue weighted by molar-refractivity contribution is 7.80. The Labute approximate surface area is 117 Å². The summed E-state index contributed by atoms with van der Waals surface area (Å²) >= 11 is 5.01. The van der Waals surface area contributed by atoms with E-state index in [9.17, 15) is 0 Å². The molecule has 0 bridgehead atoms. The molecule has 0 radical (unpaired) electrons. The van der Waals surface area contributed by atoms with Crippen LogP contribution >= 0.6 is 12.2 Å². The van der Waals surface area contributed by atoms with Gasteiger partial charge in [-0.15, -0.1) is 0 Å². The van der Waals surface area contributed by atoms with Crippen molar-refractivity contribution < 1.29 is 4.74 Å². The molecule has 98 valence electrons. The highest BCUT2D eigenvalue weighted by atomic mass is 32.1. The van der Waals surface area contributed by atoms with Crippen LogP contribution in [0.1, 0.15) is 12.5 Å². The van der Waals surface area contributed by atoms with E-state index < -0.39 is 0 Å². The van der Waals surface area contributed by atoms with E-state index in [1.807, 2.05) is 31.2 Å². The molecule has 1 heterocycles. The van der Waals surface area contributed by atoms with E-state index >= 15 is 0 Å². The monoisotopic (exact) mass is 273 g/mol. The first-order chi connectivity index (χ1) is 9.20. The van der Waals surface area contributed by atoms with Gasteiger partial charge in [0.2, 0.25) is 0 Å². The van der Waals surface area contributed by atoms with Crippen molar-refractivity contribution in [3.8, 4) is 5.75 Å². The summed E-state index contributed by atoms with van der Waals surface area (Å²) in [7, 11) is 0. The third kappa shape index (κ3) is 3.42. The van der Waals surface area contributed by atoms with Gasteiger partial charge >= 0.3 is 0 Å². The Morgan fingerprint density at radius 1 is 1.32 bits per heavy atom. The van der Waals surface area contributed by atoms with Gasteiger partial charge in [-0.25, -0.2) is 0 Å². The molecule has 0 atom stereocenters. The molecule has 3 N–H and O–H groups in total. The van der Waals surface area contributed by atoms with Crippen molar-refractivity contribution in [1.29, 1.82) is 0 Å². The molecule has 0 saturated carbocycles. The van der Waals surface area contributed by atoms with Crippen LogP contribution in [0.4, 0.5) is 11.4 Å². The number of aromatic nitrogens is 1. The lowest BCUT2D eigenvalue weighted by atomic mass is 10.2. The molecule has 0 spiro atoms. The molecular formula is C14H15N3OS. The molecule has 1 aromatic heterocycles. The van der Waals surface area contributed by atoms with Crippen LogP contribution < -0.4 is 15.8 Å². The molecule has 0 aliphatic heterocycles. The molecule has 1 aromatic carbocycles. The minimum Gasteiger partial charge on any atom is -0.494 e. The first-order valence-corrected chi connectivity index (χ1v) is 6.35. The number of rotatable bonds is 5. The standard InChI is InChI=1S/C14H15N3OS/c1-2-18-11-5-3-10(4-6-11)17-13-9-16-8-7-12(13)14(15)19/h3-9,17H,2H2,1H3,(H2,15,19). The Morgan fingerprint density at radius 2 is 2.05 bits per heavy atom. The molecule has 2 rings (SSSR count). The number of nitrogens with two attached hydrogens (primary N) is 1. The fourth-order valence-electron chi connectivity index (χ4n) is 1.67. The summed E-state index contributed by atoms with van der Waals surface area (Å²) in [5.74, 6) is 0.841. The zero-order chi connectivity index (χ0) is 13.7. The van der Waals surface area contributed by atoms with Crippen molar-refractivity contribution in [2.45, 2.75) is 6.92 Å². The number of nitrogens with zero attached hydrogens (tertiary/aromatic N) is 1. The van der Waals surface area contributed by atoms with E-state index in [0.29, 0.717) is 11.6 Å². The van der Waals surface area contributed by atoms with Crippen LogP contribution in [0.3, 0.4) is 0 Å². The van der Waals surface area contributed by atoms with Gasteiger partial charge in [-0.1, -0.05) is 12.2 Å². The number of hydrogen-bond donors (Lipinski definition) is 2. The lowest BCUT2D eigenvalue weighted by molar-refractivity contribution is 0.340. The highest BCUT2D eigenvalue weighted by Crippen LogP contribution is 2.22. The maximum atomic E-state index is 5.68. The van der Waals surface area contributed by atoms with Crippen molar-refractivity contribution in [2.24, 2.45) is 5.73 Å². The van der Waals surface area contributed by atoms with Crippen LogP contribution in [0.5, 0.6) is 5.75 Å². The second-order valence-corrected chi connectivity index (χ2v) is 4.31. The van der Waals surface area contributed by atoms with Gasteiger partial charge in [0.05, 0.1) is 18.5 Å². The van der Waals surface area contributed by atoms with Crippen molar-refractivity contribution in [3.63, 3.8) is 0 Å². The number of hydrogen-bond acceptors (Lipinski definition) is 4. The molecule has 0 fully saturated rings. The van der Waals surface area contributed by atoms with Gasteiger partial charge in [-0.3, -0.25) is 4.98 Å². The van der Waals surface area contributed by atoms with Crippen LogP contribution in [-0.4, -0.2) is 16.6 Å². The van der Waals surface area contributed by atoms with Crippen LogP contribution in [0.2, 0.25) is 0 Å². The summed E-state index contributed by atoms with van der Waals surface area (Å²) in [4.78, 5) is 4.41. The van der Waals surface area contributed by atoms with Gasteiger partial charge in [0, 0.05) is 17.4 Å². The molecule has 0 saturated heterocycles. The van der Waals surface area contributed by atoms with E-state index in [-0.39, 0.29) is 0 Å². The third-order valence-electron chi connectivity index (χ3n) is 2.53. The van der Waals surface area contributed by atoms with Gasteiger partial charge in [-0.2, -0.15) is 0 Å². The van der Waals surface area contributed by atoms with Gasteiger partial charge in [0.1, 0.15) is 10.7 Å². The van der Waals surface area contributed by atoms with Gasteiger partial charge in [0.15, 0.2) is 0 Å². The molecule has 0 unspecified atom stereocenters. The average Bonchev–Trinajstić information content (AvgIpc) is 2.42. The summed E-state index contributed by atoms with van der Waals surface area (Å²) in [6.45, 7) is 2.61. The molecule has 19 heavy (non-hydrogen) atoms. The Balaban J connectivity index is 2.19. The lowest BCUT2D eigenvalue weighted by Crippen LogP contribution is -2.12. The van der Waals surface area contributed by atoms with Crippen molar-refractivity contribution in [1.82, 2.24) is 4.98 Å². The van der Waals surface area contributed by atoms with E-state index in [1.54, 1.807) is 18.5 Å². The zero-order valence-corrected chi connectivity index (χ0v) is 11.4. The van der Waals surface area contributed by atoms with Crippen LogP contribution in [0.25, 0.3) is 0 Å². The van der Waals surface area contributed by atoms with E-state index in [1.165, 1.54) is 0 Å². The van der Waals surface area contributed by atoms with Crippen molar-refractivity contribution in [3.05, 3.63) is 48.3 Å². The molecule has 0 amide bonds.